The third-order valence-electron chi connectivity index (χ3n) is 2.94. The Kier molecular flexibility index (Phi) is 4.00. The molecule has 2 rings (SSSR count). The molecule has 0 unspecified atom stereocenters. The smallest absolute Gasteiger partial charge is 0.132 e. The minimum Gasteiger partial charge on any atom is -0.507 e. The summed E-state index contributed by atoms with van der Waals surface area (Å²) in [5, 5.41) is 10.3. The van der Waals surface area contributed by atoms with E-state index in [-0.39, 0.29) is 11.8 Å². The maximum Gasteiger partial charge on any atom is 0.132 e. The van der Waals surface area contributed by atoms with Crippen molar-refractivity contribution in [2.75, 3.05) is 0 Å². The van der Waals surface area contributed by atoms with E-state index in [9.17, 15) is 5.11 Å². The zero-order valence-corrected chi connectivity index (χ0v) is 11.6. The first-order valence-corrected chi connectivity index (χ1v) is 6.50. The van der Waals surface area contributed by atoms with Gasteiger partial charge < -0.3 is 5.11 Å². The molecule has 0 saturated carbocycles. The second kappa shape index (κ2) is 5.70. The second-order valence-corrected chi connectivity index (χ2v) is 4.98. The van der Waals surface area contributed by atoms with Crippen LogP contribution >= 0.6 is 0 Å². The van der Waals surface area contributed by atoms with Gasteiger partial charge in [-0.1, -0.05) is 42.0 Å². The van der Waals surface area contributed by atoms with Crippen LogP contribution in [0.25, 0.3) is 11.1 Å². The van der Waals surface area contributed by atoms with Crippen LogP contribution < -0.4 is 0 Å². The van der Waals surface area contributed by atoms with Gasteiger partial charge in [0.15, 0.2) is 0 Å². The number of benzene rings is 2. The van der Waals surface area contributed by atoms with Crippen molar-refractivity contribution in [3.63, 3.8) is 0 Å². The molecule has 0 spiro atoms. The number of para-hydroxylation sites is 1. The highest BCUT2D eigenvalue weighted by atomic mass is 16.3. The monoisotopic (exact) mass is 253 g/mol. The summed E-state index contributed by atoms with van der Waals surface area (Å²) in [6, 6.07) is 14.1. The van der Waals surface area contributed by atoms with Gasteiger partial charge in [-0.3, -0.25) is 4.99 Å². The molecule has 2 nitrogen and oxygen atoms in total. The van der Waals surface area contributed by atoms with Crippen molar-refractivity contribution in [2.45, 2.75) is 26.8 Å². The molecule has 0 fully saturated rings. The van der Waals surface area contributed by atoms with Crippen LogP contribution in [0.3, 0.4) is 0 Å². The van der Waals surface area contributed by atoms with Crippen molar-refractivity contribution >= 4 is 6.21 Å². The number of rotatable bonds is 3. The Morgan fingerprint density at radius 1 is 1.05 bits per heavy atom. The van der Waals surface area contributed by atoms with E-state index < -0.39 is 0 Å². The van der Waals surface area contributed by atoms with Gasteiger partial charge in [0, 0.05) is 23.4 Å². The third-order valence-corrected chi connectivity index (χ3v) is 2.94. The Hall–Kier alpha value is -2.09. The van der Waals surface area contributed by atoms with Gasteiger partial charge in [-0.05, 0) is 32.4 Å². The van der Waals surface area contributed by atoms with E-state index in [1.807, 2.05) is 56.3 Å². The van der Waals surface area contributed by atoms with Crippen molar-refractivity contribution in [3.05, 3.63) is 53.6 Å². The van der Waals surface area contributed by atoms with Gasteiger partial charge in [0.05, 0.1) is 0 Å². The lowest BCUT2D eigenvalue weighted by Gasteiger charge is -2.08. The summed E-state index contributed by atoms with van der Waals surface area (Å²) >= 11 is 0. The van der Waals surface area contributed by atoms with E-state index in [4.69, 9.17) is 0 Å². The molecule has 19 heavy (non-hydrogen) atoms. The second-order valence-electron chi connectivity index (χ2n) is 4.98. The fourth-order valence-corrected chi connectivity index (χ4v) is 1.86. The molecule has 0 amide bonds. The number of aliphatic imine (C=N–C) groups is 1. The number of aromatic hydroxyl groups is 1. The lowest BCUT2D eigenvalue weighted by molar-refractivity contribution is 0.476. The first-order valence-electron chi connectivity index (χ1n) is 6.50. The number of phenolic OH excluding ortho intramolecular Hbond substituents is 1. The molecule has 0 radical (unpaired) electrons. The van der Waals surface area contributed by atoms with Crippen LogP contribution in [0.5, 0.6) is 5.75 Å². The summed E-state index contributed by atoms with van der Waals surface area (Å²) in [6.45, 7) is 6.07. The SMILES string of the molecule is Cc1ccc(-c2cccc(C=NC(C)C)c2O)cc1. The molecule has 0 heterocycles. The van der Waals surface area contributed by atoms with Gasteiger partial charge in [-0.2, -0.15) is 0 Å². The van der Waals surface area contributed by atoms with E-state index in [1.165, 1.54) is 5.56 Å². The normalized spacial score (nSPS) is 11.4. The average molecular weight is 253 g/mol. The summed E-state index contributed by atoms with van der Waals surface area (Å²) < 4.78 is 0. The van der Waals surface area contributed by atoms with Crippen molar-refractivity contribution in [3.8, 4) is 16.9 Å². The Bertz CT molecular complexity index is 583. The lowest BCUT2D eigenvalue weighted by Crippen LogP contribution is -1.92. The third kappa shape index (κ3) is 3.22. The molecular weight excluding hydrogens is 234 g/mol. The molecule has 0 bridgehead atoms. The van der Waals surface area contributed by atoms with E-state index in [0.717, 1.165) is 16.7 Å². The Balaban J connectivity index is 2.42. The first-order chi connectivity index (χ1) is 9.08. The highest BCUT2D eigenvalue weighted by Crippen LogP contribution is 2.31. The number of hydrogen-bond donors (Lipinski definition) is 1. The summed E-state index contributed by atoms with van der Waals surface area (Å²) in [5.74, 6) is 0.288. The predicted octanol–water partition coefficient (Wildman–Crippen LogP) is 4.19. The van der Waals surface area contributed by atoms with Crippen LogP contribution in [0, 0.1) is 6.92 Å². The molecule has 0 aliphatic carbocycles. The largest absolute Gasteiger partial charge is 0.507 e. The van der Waals surface area contributed by atoms with Crippen LogP contribution in [0.2, 0.25) is 0 Å². The highest BCUT2D eigenvalue weighted by Gasteiger charge is 2.07. The quantitative estimate of drug-likeness (QED) is 0.817. The van der Waals surface area contributed by atoms with E-state index in [0.29, 0.717) is 0 Å². The summed E-state index contributed by atoms with van der Waals surface area (Å²) in [5.41, 5.74) is 3.82. The summed E-state index contributed by atoms with van der Waals surface area (Å²) in [7, 11) is 0. The van der Waals surface area contributed by atoms with Crippen LogP contribution in [0.4, 0.5) is 0 Å². The fraction of sp³-hybridized carbons (Fsp3) is 0.235. The van der Waals surface area contributed by atoms with Crippen molar-refractivity contribution < 1.29 is 5.11 Å². The lowest BCUT2D eigenvalue weighted by atomic mass is 10.0. The molecule has 2 heteroatoms. The molecular formula is C17H19NO. The van der Waals surface area contributed by atoms with Crippen LogP contribution in [0.15, 0.2) is 47.5 Å². The molecule has 0 aliphatic heterocycles. The number of nitrogens with zero attached hydrogens (tertiary/aromatic N) is 1. The zero-order chi connectivity index (χ0) is 13.8. The maximum absolute atomic E-state index is 10.3. The number of phenols is 1. The molecule has 0 atom stereocenters. The highest BCUT2D eigenvalue weighted by molar-refractivity contribution is 5.88. The summed E-state index contributed by atoms with van der Waals surface area (Å²) in [4.78, 5) is 4.32. The fourth-order valence-electron chi connectivity index (χ4n) is 1.86. The average Bonchev–Trinajstić information content (AvgIpc) is 2.39. The van der Waals surface area contributed by atoms with E-state index in [1.54, 1.807) is 6.21 Å². The molecule has 98 valence electrons. The van der Waals surface area contributed by atoms with Gasteiger partial charge in [0.25, 0.3) is 0 Å². The minimum atomic E-state index is 0.224. The minimum absolute atomic E-state index is 0.224. The van der Waals surface area contributed by atoms with Gasteiger partial charge in [0.2, 0.25) is 0 Å². The van der Waals surface area contributed by atoms with Crippen LogP contribution in [-0.2, 0) is 0 Å². The predicted molar refractivity (Wildman–Crippen MR) is 81.0 cm³/mol. The van der Waals surface area contributed by atoms with Crippen LogP contribution in [0.1, 0.15) is 25.0 Å². The Morgan fingerprint density at radius 3 is 2.37 bits per heavy atom. The van der Waals surface area contributed by atoms with Crippen molar-refractivity contribution in [2.24, 2.45) is 4.99 Å². The Labute approximate surface area is 114 Å². The maximum atomic E-state index is 10.3. The van der Waals surface area contributed by atoms with Gasteiger partial charge in [0.1, 0.15) is 5.75 Å². The van der Waals surface area contributed by atoms with E-state index >= 15 is 0 Å². The molecule has 0 aromatic heterocycles. The first kappa shape index (κ1) is 13.3. The number of aryl methyl sites for hydroxylation is 1. The number of hydrogen-bond acceptors (Lipinski definition) is 2. The zero-order valence-electron chi connectivity index (χ0n) is 11.6. The van der Waals surface area contributed by atoms with Gasteiger partial charge >= 0.3 is 0 Å². The van der Waals surface area contributed by atoms with Crippen molar-refractivity contribution in [1.82, 2.24) is 0 Å². The summed E-state index contributed by atoms with van der Waals surface area (Å²) in [6.07, 6.45) is 1.73. The molecule has 1 N–H and O–H groups in total. The van der Waals surface area contributed by atoms with E-state index in [2.05, 4.69) is 11.9 Å². The molecule has 2 aromatic rings. The van der Waals surface area contributed by atoms with Gasteiger partial charge in [-0.15, -0.1) is 0 Å². The molecule has 0 aliphatic rings. The molecule has 0 saturated heterocycles. The standard InChI is InChI=1S/C17H19NO/c1-12(2)18-11-15-5-4-6-16(17(15)19)14-9-7-13(3)8-10-14/h4-12,19H,1-3H3. The van der Waals surface area contributed by atoms with Crippen LogP contribution in [-0.4, -0.2) is 17.4 Å². The Morgan fingerprint density at radius 2 is 1.74 bits per heavy atom. The van der Waals surface area contributed by atoms with Gasteiger partial charge in [-0.25, -0.2) is 0 Å². The van der Waals surface area contributed by atoms with Crippen molar-refractivity contribution in [1.29, 1.82) is 0 Å². The topological polar surface area (TPSA) is 32.6 Å². The molecule has 2 aromatic carbocycles.